The van der Waals surface area contributed by atoms with E-state index in [-0.39, 0.29) is 16.8 Å². The van der Waals surface area contributed by atoms with Crippen molar-refractivity contribution in [2.24, 2.45) is 0 Å². The lowest BCUT2D eigenvalue weighted by atomic mass is 10.2. The zero-order chi connectivity index (χ0) is 15.6. The lowest BCUT2D eigenvalue weighted by Gasteiger charge is -2.34. The predicted octanol–water partition coefficient (Wildman–Crippen LogP) is 0.246. The first-order valence-electron chi connectivity index (χ1n) is 6.50. The molecule has 1 saturated heterocycles. The number of likely N-dealkylation sites (N-methyl/N-ethyl adjacent to an activating group) is 1. The fraction of sp³-hybridized carbons (Fsp3) is 0.462. The van der Waals surface area contributed by atoms with E-state index in [1.807, 2.05) is 0 Å². The van der Waals surface area contributed by atoms with Crippen molar-refractivity contribution in [1.82, 2.24) is 9.62 Å². The van der Waals surface area contributed by atoms with E-state index in [9.17, 15) is 13.2 Å². The van der Waals surface area contributed by atoms with Crippen LogP contribution in [-0.4, -0.2) is 51.9 Å². The van der Waals surface area contributed by atoms with Crippen LogP contribution in [0.25, 0.3) is 0 Å². The normalized spacial score (nSPS) is 15.6. The van der Waals surface area contributed by atoms with Gasteiger partial charge in [-0.1, -0.05) is 0 Å². The molecule has 1 fully saturated rings. The molecular formula is C13H19N3O4S. The van der Waals surface area contributed by atoms with Crippen molar-refractivity contribution < 1.29 is 17.9 Å². The summed E-state index contributed by atoms with van der Waals surface area (Å²) in [5.74, 6) is 0.122. The first-order valence-corrected chi connectivity index (χ1v) is 7.94. The molecule has 0 aromatic heterocycles. The van der Waals surface area contributed by atoms with E-state index in [1.165, 1.54) is 36.5 Å². The summed E-state index contributed by atoms with van der Waals surface area (Å²) in [5, 5.41) is 5.61. The van der Waals surface area contributed by atoms with E-state index in [4.69, 9.17) is 4.74 Å². The van der Waals surface area contributed by atoms with E-state index in [1.54, 1.807) is 7.05 Å². The summed E-state index contributed by atoms with van der Waals surface area (Å²) < 4.78 is 31.6. The van der Waals surface area contributed by atoms with Crippen LogP contribution in [0.15, 0.2) is 23.1 Å². The molecule has 0 atom stereocenters. The average Bonchev–Trinajstić information content (AvgIpc) is 2.35. The Balaban J connectivity index is 2.36. The van der Waals surface area contributed by atoms with Gasteiger partial charge >= 0.3 is 0 Å². The van der Waals surface area contributed by atoms with E-state index in [2.05, 4.69) is 10.6 Å². The number of carbonyl (C=O) groups is 1. The number of sulfonamides is 1. The van der Waals surface area contributed by atoms with Crippen molar-refractivity contribution in [3.05, 3.63) is 18.2 Å². The van der Waals surface area contributed by atoms with Crippen LogP contribution in [0.4, 0.5) is 5.69 Å². The topological polar surface area (TPSA) is 87.7 Å². The zero-order valence-electron chi connectivity index (χ0n) is 12.2. The number of anilines is 1. The Labute approximate surface area is 124 Å². The minimum absolute atomic E-state index is 0.0404. The van der Waals surface area contributed by atoms with Gasteiger partial charge in [-0.05, 0) is 18.2 Å². The van der Waals surface area contributed by atoms with Crippen molar-refractivity contribution in [1.29, 1.82) is 0 Å². The average molecular weight is 313 g/mol. The Kier molecular flexibility index (Phi) is 4.50. The van der Waals surface area contributed by atoms with Gasteiger partial charge in [0.05, 0.1) is 17.7 Å². The lowest BCUT2D eigenvalue weighted by Crippen LogP contribution is -2.57. The molecule has 1 heterocycles. The molecule has 0 aliphatic carbocycles. The van der Waals surface area contributed by atoms with Gasteiger partial charge < -0.3 is 15.4 Å². The first-order chi connectivity index (χ1) is 9.86. The molecule has 0 radical (unpaired) electrons. The predicted molar refractivity (Wildman–Crippen MR) is 78.9 cm³/mol. The number of benzene rings is 1. The first kappa shape index (κ1) is 15.7. The van der Waals surface area contributed by atoms with Crippen molar-refractivity contribution in [3.8, 4) is 5.75 Å². The molecule has 1 aromatic rings. The third-order valence-corrected chi connectivity index (χ3v) is 5.34. The molecular weight excluding hydrogens is 294 g/mol. The molecule has 0 bridgehead atoms. The molecule has 0 spiro atoms. The monoisotopic (exact) mass is 313 g/mol. The van der Waals surface area contributed by atoms with Crippen molar-refractivity contribution >= 4 is 21.6 Å². The second kappa shape index (κ2) is 6.00. The quantitative estimate of drug-likeness (QED) is 0.813. The number of amides is 1. The van der Waals surface area contributed by atoms with Gasteiger partial charge in [-0.25, -0.2) is 8.42 Å². The third-order valence-electron chi connectivity index (χ3n) is 3.43. The highest BCUT2D eigenvalue weighted by Crippen LogP contribution is 2.29. The summed E-state index contributed by atoms with van der Waals surface area (Å²) in [6.07, 6.45) is 0. The highest BCUT2D eigenvalue weighted by molar-refractivity contribution is 7.89. The van der Waals surface area contributed by atoms with Gasteiger partial charge in [0.25, 0.3) is 0 Å². The number of methoxy groups -OCH3 is 1. The molecule has 8 heteroatoms. The number of hydrogen-bond acceptors (Lipinski definition) is 5. The third kappa shape index (κ3) is 3.17. The summed E-state index contributed by atoms with van der Waals surface area (Å²) in [5.41, 5.74) is 0.339. The van der Waals surface area contributed by atoms with Crippen LogP contribution in [-0.2, 0) is 14.8 Å². The van der Waals surface area contributed by atoms with Crippen LogP contribution in [0.1, 0.15) is 6.92 Å². The van der Waals surface area contributed by atoms with Gasteiger partial charge in [0.2, 0.25) is 15.9 Å². The Morgan fingerprint density at radius 2 is 2.10 bits per heavy atom. The standard InChI is InChI=1S/C13H19N3O4S/c1-9(17)15-12-6-11(4-5-13(12)20-3)21(18,19)16(2)10-7-14-8-10/h4-6,10,14H,7-8H2,1-3H3,(H,15,17). The Hall–Kier alpha value is -1.64. The number of nitrogens with zero attached hydrogens (tertiary/aromatic N) is 1. The van der Waals surface area contributed by atoms with E-state index < -0.39 is 10.0 Å². The van der Waals surface area contributed by atoms with Gasteiger partial charge in [-0.15, -0.1) is 0 Å². The van der Waals surface area contributed by atoms with E-state index in [0.29, 0.717) is 24.5 Å². The van der Waals surface area contributed by atoms with Crippen molar-refractivity contribution in [3.63, 3.8) is 0 Å². The number of carbonyl (C=O) groups excluding carboxylic acids is 1. The summed E-state index contributed by atoms with van der Waals surface area (Å²) in [6, 6.07) is 4.38. The van der Waals surface area contributed by atoms with E-state index >= 15 is 0 Å². The maximum atomic E-state index is 12.5. The Morgan fingerprint density at radius 3 is 2.57 bits per heavy atom. The molecule has 1 aromatic carbocycles. The minimum Gasteiger partial charge on any atom is -0.495 e. The summed E-state index contributed by atoms with van der Waals surface area (Å²) in [7, 11) is -0.578. The number of hydrogen-bond donors (Lipinski definition) is 2. The molecule has 1 amide bonds. The van der Waals surface area contributed by atoms with Crippen LogP contribution in [0.2, 0.25) is 0 Å². The van der Waals surface area contributed by atoms with Crippen LogP contribution in [0.5, 0.6) is 5.75 Å². The lowest BCUT2D eigenvalue weighted by molar-refractivity contribution is -0.114. The largest absolute Gasteiger partial charge is 0.495 e. The van der Waals surface area contributed by atoms with Gasteiger partial charge in [-0.2, -0.15) is 4.31 Å². The fourth-order valence-electron chi connectivity index (χ4n) is 2.03. The van der Waals surface area contributed by atoms with Gasteiger partial charge in [-0.3, -0.25) is 4.79 Å². The van der Waals surface area contributed by atoms with Crippen LogP contribution in [0.3, 0.4) is 0 Å². The smallest absolute Gasteiger partial charge is 0.243 e. The van der Waals surface area contributed by atoms with E-state index in [0.717, 1.165) is 0 Å². The molecule has 1 aliphatic rings. The highest BCUT2D eigenvalue weighted by atomic mass is 32.2. The van der Waals surface area contributed by atoms with Crippen LogP contribution < -0.4 is 15.4 Å². The number of rotatable bonds is 5. The highest BCUT2D eigenvalue weighted by Gasteiger charge is 2.32. The fourth-order valence-corrected chi connectivity index (χ4v) is 3.41. The van der Waals surface area contributed by atoms with Crippen LogP contribution >= 0.6 is 0 Å². The SMILES string of the molecule is COc1ccc(S(=O)(=O)N(C)C2CNC2)cc1NC(C)=O. The second-order valence-electron chi connectivity index (χ2n) is 4.88. The van der Waals surface area contributed by atoms with Gasteiger partial charge in [0, 0.05) is 33.1 Å². The Bertz CT molecular complexity index is 641. The van der Waals surface area contributed by atoms with Gasteiger partial charge in [0.15, 0.2) is 0 Å². The molecule has 0 saturated carbocycles. The maximum Gasteiger partial charge on any atom is 0.243 e. The minimum atomic E-state index is -3.60. The Morgan fingerprint density at radius 1 is 1.43 bits per heavy atom. The molecule has 7 nitrogen and oxygen atoms in total. The number of ether oxygens (including phenoxy) is 1. The summed E-state index contributed by atoms with van der Waals surface area (Å²) >= 11 is 0. The summed E-state index contributed by atoms with van der Waals surface area (Å²) in [6.45, 7) is 2.64. The molecule has 1 aliphatic heterocycles. The van der Waals surface area contributed by atoms with Gasteiger partial charge in [0.1, 0.15) is 5.75 Å². The summed E-state index contributed by atoms with van der Waals surface area (Å²) in [4.78, 5) is 11.3. The number of nitrogens with one attached hydrogen (secondary N) is 2. The van der Waals surface area contributed by atoms with Crippen LogP contribution in [0, 0.1) is 0 Å². The molecule has 116 valence electrons. The molecule has 21 heavy (non-hydrogen) atoms. The zero-order valence-corrected chi connectivity index (χ0v) is 13.0. The maximum absolute atomic E-state index is 12.5. The van der Waals surface area contributed by atoms with Crippen molar-refractivity contribution in [2.45, 2.75) is 17.9 Å². The second-order valence-corrected chi connectivity index (χ2v) is 6.87. The van der Waals surface area contributed by atoms with Crippen molar-refractivity contribution in [2.75, 3.05) is 32.6 Å². The molecule has 2 rings (SSSR count). The molecule has 0 unspecified atom stereocenters. The molecule has 2 N–H and O–H groups in total.